The minimum Gasteiger partial charge on any atom is -0.487 e. The maximum Gasteiger partial charge on any atom is 0.261 e. The van der Waals surface area contributed by atoms with Gasteiger partial charge in [0.2, 0.25) is 0 Å². The zero-order chi connectivity index (χ0) is 21.8. The van der Waals surface area contributed by atoms with Crippen LogP contribution >= 0.6 is 0 Å². The van der Waals surface area contributed by atoms with Crippen molar-refractivity contribution >= 4 is 32.8 Å². The van der Waals surface area contributed by atoms with Crippen molar-refractivity contribution < 1.29 is 17.9 Å². The van der Waals surface area contributed by atoms with E-state index >= 15 is 0 Å². The number of rotatable bonds is 3. The quantitative estimate of drug-likeness (QED) is 0.662. The lowest BCUT2D eigenvalue weighted by Crippen LogP contribution is -2.40. The fourth-order valence-corrected chi connectivity index (χ4v) is 5.33. The predicted octanol–water partition coefficient (Wildman–Crippen LogP) is 1.93. The molecule has 0 aliphatic carbocycles. The number of amides is 1. The number of fused-ring (bicyclic) bond motifs is 2. The fraction of sp³-hybridized carbons (Fsp3) is 0.381. The summed E-state index contributed by atoms with van der Waals surface area (Å²) in [4.78, 5) is 19.3. The van der Waals surface area contributed by atoms with Gasteiger partial charge in [0.1, 0.15) is 16.9 Å². The number of benzene rings is 1. The van der Waals surface area contributed by atoms with Crippen molar-refractivity contribution in [3.63, 3.8) is 0 Å². The van der Waals surface area contributed by atoms with Crippen LogP contribution in [0.25, 0.3) is 5.65 Å². The second-order valence-electron chi connectivity index (χ2n) is 8.55. The minimum absolute atomic E-state index is 0.0851. The molecule has 0 bridgehead atoms. The van der Waals surface area contributed by atoms with Crippen LogP contribution in [-0.4, -0.2) is 59.1 Å². The standard InChI is InChI=1S/C21H23N5O4S/c1-21(2)12-14-10-16(24-20(27)15-13-23-26-5-3-4-22-19(15)26)17(11-18(14)30-21)25-6-8-31(28,29)9-7-25/h3-5,10-11,13H,6-9,12H2,1-2H3,(H,24,27). The summed E-state index contributed by atoms with van der Waals surface area (Å²) < 4.78 is 31.4. The SMILES string of the molecule is CC1(C)Cc2cc(NC(=O)c3cnn4cccnc34)c(N3CCS(=O)(=O)CC3)cc2O1. The van der Waals surface area contributed by atoms with Crippen molar-refractivity contribution in [2.24, 2.45) is 0 Å². The molecule has 1 amide bonds. The molecule has 1 aromatic carbocycles. The largest absolute Gasteiger partial charge is 0.487 e. The summed E-state index contributed by atoms with van der Waals surface area (Å²) >= 11 is 0. The fourth-order valence-electron chi connectivity index (χ4n) is 4.13. The molecule has 10 heteroatoms. The van der Waals surface area contributed by atoms with Crippen LogP contribution in [0.1, 0.15) is 29.8 Å². The highest BCUT2D eigenvalue weighted by molar-refractivity contribution is 7.91. The van der Waals surface area contributed by atoms with Gasteiger partial charge in [0, 0.05) is 43.5 Å². The van der Waals surface area contributed by atoms with E-state index in [2.05, 4.69) is 15.4 Å². The number of hydrogen-bond donors (Lipinski definition) is 1. The molecule has 0 unspecified atom stereocenters. The van der Waals surface area contributed by atoms with E-state index in [1.165, 1.54) is 6.20 Å². The molecule has 2 aromatic heterocycles. The van der Waals surface area contributed by atoms with E-state index in [-0.39, 0.29) is 23.0 Å². The maximum atomic E-state index is 13.1. The van der Waals surface area contributed by atoms with Gasteiger partial charge in [-0.25, -0.2) is 17.9 Å². The summed E-state index contributed by atoms with van der Waals surface area (Å²) in [6.07, 6.45) is 5.55. The van der Waals surface area contributed by atoms with Crippen molar-refractivity contribution in [1.29, 1.82) is 0 Å². The van der Waals surface area contributed by atoms with Gasteiger partial charge < -0.3 is 15.0 Å². The second-order valence-corrected chi connectivity index (χ2v) is 10.9. The van der Waals surface area contributed by atoms with Crippen LogP contribution in [0.15, 0.2) is 36.8 Å². The normalized spacial score (nSPS) is 19.1. The van der Waals surface area contributed by atoms with Crippen LogP contribution < -0.4 is 15.0 Å². The van der Waals surface area contributed by atoms with Crippen LogP contribution in [0.4, 0.5) is 11.4 Å². The van der Waals surface area contributed by atoms with Gasteiger partial charge in [-0.05, 0) is 26.0 Å². The van der Waals surface area contributed by atoms with Gasteiger partial charge in [-0.2, -0.15) is 5.10 Å². The van der Waals surface area contributed by atoms with Crippen molar-refractivity contribution in [2.45, 2.75) is 25.9 Å². The number of aromatic nitrogens is 3. The first kappa shape index (κ1) is 19.8. The molecule has 0 saturated carbocycles. The zero-order valence-corrected chi connectivity index (χ0v) is 18.1. The van der Waals surface area contributed by atoms with E-state index in [9.17, 15) is 13.2 Å². The summed E-state index contributed by atoms with van der Waals surface area (Å²) in [6.45, 7) is 4.77. The first-order valence-electron chi connectivity index (χ1n) is 10.1. The summed E-state index contributed by atoms with van der Waals surface area (Å²) in [5.41, 5.74) is 2.89. The number of hydrogen-bond acceptors (Lipinski definition) is 7. The van der Waals surface area contributed by atoms with Crippen molar-refractivity contribution in [1.82, 2.24) is 14.6 Å². The molecule has 1 N–H and O–H groups in total. The van der Waals surface area contributed by atoms with Gasteiger partial charge in [0.15, 0.2) is 15.5 Å². The number of sulfone groups is 1. The van der Waals surface area contributed by atoms with Crippen LogP contribution in [0.2, 0.25) is 0 Å². The molecular weight excluding hydrogens is 418 g/mol. The Morgan fingerprint density at radius 3 is 2.77 bits per heavy atom. The van der Waals surface area contributed by atoms with Gasteiger partial charge in [0.05, 0.1) is 29.1 Å². The lowest BCUT2D eigenvalue weighted by Gasteiger charge is -2.31. The summed E-state index contributed by atoms with van der Waals surface area (Å²) in [5, 5.41) is 7.18. The third-order valence-corrected chi connectivity index (χ3v) is 7.25. The Labute approximate surface area is 179 Å². The molecule has 31 heavy (non-hydrogen) atoms. The molecule has 0 radical (unpaired) electrons. The Bertz CT molecular complexity index is 1280. The summed E-state index contributed by atoms with van der Waals surface area (Å²) in [6, 6.07) is 5.58. The van der Waals surface area contributed by atoms with Gasteiger partial charge in [-0.15, -0.1) is 0 Å². The Kier molecular flexibility index (Phi) is 4.44. The molecule has 5 rings (SSSR count). The molecule has 0 spiro atoms. The number of carbonyl (C=O) groups excluding carboxylic acids is 1. The van der Waals surface area contributed by atoms with Gasteiger partial charge in [-0.3, -0.25) is 4.79 Å². The Morgan fingerprint density at radius 1 is 1.23 bits per heavy atom. The van der Waals surface area contributed by atoms with Crippen molar-refractivity contribution in [2.75, 3.05) is 34.8 Å². The molecule has 162 valence electrons. The van der Waals surface area contributed by atoms with Crippen LogP contribution in [0, 0.1) is 0 Å². The minimum atomic E-state index is -3.03. The Hall–Kier alpha value is -3.14. The van der Waals surface area contributed by atoms with Crippen LogP contribution in [0.3, 0.4) is 0 Å². The maximum absolute atomic E-state index is 13.1. The molecular formula is C21H23N5O4S. The number of anilines is 2. The first-order valence-corrected chi connectivity index (χ1v) is 11.9. The number of nitrogens with zero attached hydrogens (tertiary/aromatic N) is 4. The van der Waals surface area contributed by atoms with E-state index < -0.39 is 9.84 Å². The molecule has 1 fully saturated rings. The second kappa shape index (κ2) is 6.94. The number of ether oxygens (including phenoxy) is 1. The van der Waals surface area contributed by atoms with Crippen LogP contribution in [0.5, 0.6) is 5.75 Å². The van der Waals surface area contributed by atoms with Gasteiger partial charge >= 0.3 is 0 Å². The van der Waals surface area contributed by atoms with Gasteiger partial charge in [0.25, 0.3) is 5.91 Å². The van der Waals surface area contributed by atoms with Gasteiger partial charge in [-0.1, -0.05) is 0 Å². The average molecular weight is 442 g/mol. The number of nitrogens with one attached hydrogen (secondary N) is 1. The van der Waals surface area contributed by atoms with E-state index in [1.54, 1.807) is 23.0 Å². The molecule has 2 aliphatic heterocycles. The highest BCUT2D eigenvalue weighted by Gasteiger charge is 2.33. The molecule has 2 aliphatic rings. The highest BCUT2D eigenvalue weighted by atomic mass is 32.2. The third kappa shape index (κ3) is 3.71. The lowest BCUT2D eigenvalue weighted by atomic mass is 10.0. The smallest absolute Gasteiger partial charge is 0.261 e. The summed E-state index contributed by atoms with van der Waals surface area (Å²) in [5.74, 6) is 0.616. The van der Waals surface area contributed by atoms with E-state index in [1.807, 2.05) is 30.9 Å². The number of carbonyl (C=O) groups is 1. The third-order valence-electron chi connectivity index (χ3n) is 5.64. The Morgan fingerprint density at radius 2 is 2.00 bits per heavy atom. The molecule has 0 atom stereocenters. The Balaban J connectivity index is 1.51. The predicted molar refractivity (Wildman–Crippen MR) is 117 cm³/mol. The average Bonchev–Trinajstić information content (AvgIpc) is 3.26. The zero-order valence-electron chi connectivity index (χ0n) is 17.3. The molecule has 4 heterocycles. The van der Waals surface area contributed by atoms with E-state index in [0.29, 0.717) is 30.0 Å². The monoisotopic (exact) mass is 441 g/mol. The van der Waals surface area contributed by atoms with E-state index in [0.717, 1.165) is 23.4 Å². The van der Waals surface area contributed by atoms with E-state index in [4.69, 9.17) is 4.74 Å². The van der Waals surface area contributed by atoms with Crippen molar-refractivity contribution in [3.05, 3.63) is 47.9 Å². The lowest BCUT2D eigenvalue weighted by molar-refractivity contribution is 0.102. The molecule has 9 nitrogen and oxygen atoms in total. The molecule has 3 aromatic rings. The highest BCUT2D eigenvalue weighted by Crippen LogP contribution is 2.42. The first-order chi connectivity index (χ1) is 14.7. The van der Waals surface area contributed by atoms with Crippen LogP contribution in [-0.2, 0) is 16.3 Å². The molecule has 1 saturated heterocycles. The summed E-state index contributed by atoms with van der Waals surface area (Å²) in [7, 11) is -3.03. The topological polar surface area (TPSA) is 106 Å². The van der Waals surface area contributed by atoms with Crippen molar-refractivity contribution in [3.8, 4) is 5.75 Å².